The summed E-state index contributed by atoms with van der Waals surface area (Å²) in [6.45, 7) is 8.83. The Morgan fingerprint density at radius 2 is 1.86 bits per heavy atom. The Kier molecular flexibility index (Phi) is 8.47. The number of carbonyl (C=O) groups is 3. The first kappa shape index (κ1) is 27.0. The lowest BCUT2D eigenvalue weighted by atomic mass is 10.1. The zero-order valence-corrected chi connectivity index (χ0v) is 22.0. The fourth-order valence-corrected chi connectivity index (χ4v) is 6.71. The molecule has 0 bridgehead atoms. The molecule has 1 aromatic heterocycles. The van der Waals surface area contributed by atoms with Crippen molar-refractivity contribution in [3.8, 4) is 0 Å². The number of rotatable bonds is 9. The molecule has 1 saturated heterocycles. The van der Waals surface area contributed by atoms with Crippen molar-refractivity contribution in [2.75, 3.05) is 31.6 Å². The van der Waals surface area contributed by atoms with E-state index in [4.69, 9.17) is 9.47 Å². The second-order valence-corrected chi connectivity index (χ2v) is 11.4. The van der Waals surface area contributed by atoms with Crippen LogP contribution in [0.5, 0.6) is 0 Å². The van der Waals surface area contributed by atoms with E-state index < -0.39 is 16.0 Å². The number of sulfonamides is 1. The Morgan fingerprint density at radius 3 is 2.46 bits per heavy atom. The third-order valence-corrected chi connectivity index (χ3v) is 8.71. The normalized spacial score (nSPS) is 18.8. The van der Waals surface area contributed by atoms with Crippen LogP contribution in [-0.2, 0) is 19.5 Å². The average Bonchev–Trinajstić information content (AvgIpc) is 3.13. The molecule has 0 amide bonds. The number of Topliss-reactive ketones (excluding diaryl/α,β-unsaturated/α-hetero) is 2. The molecule has 1 N–H and O–H groups in total. The first-order valence-corrected chi connectivity index (χ1v) is 13.6. The lowest BCUT2D eigenvalue weighted by Gasteiger charge is -2.34. The minimum absolute atomic E-state index is 0.0303. The van der Waals surface area contributed by atoms with Crippen LogP contribution in [0.1, 0.15) is 63.6 Å². The Hall–Kier alpha value is -2.60. The average molecular weight is 523 g/mol. The van der Waals surface area contributed by atoms with Gasteiger partial charge in [0.05, 0.1) is 40.7 Å². The van der Waals surface area contributed by atoms with Gasteiger partial charge in [-0.15, -0.1) is 11.3 Å². The monoisotopic (exact) mass is 522 g/mol. The molecule has 0 saturated carbocycles. The van der Waals surface area contributed by atoms with Crippen LogP contribution in [0.15, 0.2) is 29.2 Å². The number of benzene rings is 1. The van der Waals surface area contributed by atoms with E-state index in [9.17, 15) is 22.8 Å². The molecule has 2 atom stereocenters. The maximum absolute atomic E-state index is 13.2. The van der Waals surface area contributed by atoms with E-state index in [0.717, 1.165) is 11.3 Å². The molecule has 1 aromatic carbocycles. The first-order chi connectivity index (χ1) is 16.4. The van der Waals surface area contributed by atoms with Crippen molar-refractivity contribution in [3.05, 3.63) is 45.8 Å². The molecule has 3 rings (SSSR count). The SMILES string of the molecule is CCOC(=O)c1c(NCC(=O)c2cccc(S(=O)(=O)N3CC(C)OC(C)C3)c2)sc(C(C)=O)c1C. The molecule has 11 heteroatoms. The summed E-state index contributed by atoms with van der Waals surface area (Å²) in [5.41, 5.74) is 0.936. The molecular formula is C24H30N2O7S2. The molecule has 0 spiro atoms. The smallest absolute Gasteiger partial charge is 0.341 e. The molecule has 0 radical (unpaired) electrons. The van der Waals surface area contributed by atoms with Gasteiger partial charge in [-0.25, -0.2) is 13.2 Å². The Labute approximate surface area is 209 Å². The Morgan fingerprint density at radius 1 is 1.20 bits per heavy atom. The van der Waals surface area contributed by atoms with E-state index in [1.807, 2.05) is 13.8 Å². The zero-order chi connectivity index (χ0) is 25.9. The Balaban J connectivity index is 1.81. The van der Waals surface area contributed by atoms with E-state index in [2.05, 4.69) is 5.32 Å². The second-order valence-electron chi connectivity index (χ2n) is 8.42. The fraction of sp³-hybridized carbons (Fsp3) is 0.458. The van der Waals surface area contributed by atoms with E-state index in [0.29, 0.717) is 15.4 Å². The number of hydrogen-bond acceptors (Lipinski definition) is 9. The van der Waals surface area contributed by atoms with Crippen LogP contribution in [0.4, 0.5) is 5.00 Å². The number of anilines is 1. The number of morpholine rings is 1. The van der Waals surface area contributed by atoms with Crippen LogP contribution in [0.2, 0.25) is 0 Å². The van der Waals surface area contributed by atoms with Gasteiger partial charge in [-0.2, -0.15) is 4.31 Å². The van der Waals surface area contributed by atoms with Gasteiger partial charge in [0.1, 0.15) is 5.00 Å². The highest BCUT2D eigenvalue weighted by molar-refractivity contribution is 7.89. The molecule has 1 aliphatic rings. The highest BCUT2D eigenvalue weighted by Gasteiger charge is 2.32. The first-order valence-electron chi connectivity index (χ1n) is 11.3. The summed E-state index contributed by atoms with van der Waals surface area (Å²) in [6.07, 6.45) is -0.462. The maximum Gasteiger partial charge on any atom is 0.341 e. The number of nitrogens with one attached hydrogen (secondary N) is 1. The third kappa shape index (κ3) is 5.97. The van der Waals surface area contributed by atoms with Crippen molar-refractivity contribution in [1.82, 2.24) is 4.31 Å². The third-order valence-electron chi connectivity index (χ3n) is 5.54. The Bertz CT molecular complexity index is 1230. The summed E-state index contributed by atoms with van der Waals surface area (Å²) in [5, 5.41) is 3.30. The predicted octanol–water partition coefficient (Wildman–Crippen LogP) is 3.53. The van der Waals surface area contributed by atoms with Crippen molar-refractivity contribution in [1.29, 1.82) is 0 Å². The standard InChI is InChI=1S/C24H30N2O7S2/c1-6-32-24(29)21-16(4)22(17(5)27)34-23(21)25-11-20(28)18-8-7-9-19(10-18)35(30,31)26-12-14(2)33-15(3)13-26/h7-10,14-15,25H,6,11-13H2,1-5H3. The van der Waals surface area contributed by atoms with Gasteiger partial charge in [0.15, 0.2) is 11.6 Å². The lowest BCUT2D eigenvalue weighted by molar-refractivity contribution is -0.0440. The van der Waals surface area contributed by atoms with Crippen LogP contribution >= 0.6 is 11.3 Å². The predicted molar refractivity (Wildman–Crippen MR) is 133 cm³/mol. The molecule has 1 aliphatic heterocycles. The van der Waals surface area contributed by atoms with Crippen LogP contribution in [-0.4, -0.2) is 68.7 Å². The van der Waals surface area contributed by atoms with Gasteiger partial charge in [0.25, 0.3) is 0 Å². The van der Waals surface area contributed by atoms with Crippen LogP contribution in [0, 0.1) is 6.92 Å². The number of carbonyl (C=O) groups excluding carboxylic acids is 3. The van der Waals surface area contributed by atoms with E-state index >= 15 is 0 Å². The number of thiophene rings is 1. The second kappa shape index (κ2) is 11.0. The summed E-state index contributed by atoms with van der Waals surface area (Å²) in [7, 11) is -3.80. The van der Waals surface area contributed by atoms with E-state index in [-0.39, 0.29) is 66.0 Å². The minimum Gasteiger partial charge on any atom is -0.462 e. The highest BCUT2D eigenvalue weighted by Crippen LogP contribution is 2.34. The van der Waals surface area contributed by atoms with Crippen LogP contribution in [0.25, 0.3) is 0 Å². The lowest BCUT2D eigenvalue weighted by Crippen LogP contribution is -2.48. The van der Waals surface area contributed by atoms with Gasteiger partial charge in [-0.3, -0.25) is 9.59 Å². The van der Waals surface area contributed by atoms with E-state index in [1.165, 1.54) is 29.4 Å². The summed E-state index contributed by atoms with van der Waals surface area (Å²) in [6, 6.07) is 5.89. The van der Waals surface area contributed by atoms with Crippen molar-refractivity contribution in [3.63, 3.8) is 0 Å². The molecule has 9 nitrogen and oxygen atoms in total. The number of ketones is 2. The zero-order valence-electron chi connectivity index (χ0n) is 20.4. The number of ether oxygens (including phenoxy) is 2. The summed E-state index contributed by atoms with van der Waals surface area (Å²) < 4.78 is 38.5. The molecule has 190 valence electrons. The van der Waals surface area contributed by atoms with Crippen LogP contribution in [0.3, 0.4) is 0 Å². The van der Waals surface area contributed by atoms with Gasteiger partial charge in [-0.1, -0.05) is 12.1 Å². The fourth-order valence-electron chi connectivity index (χ4n) is 3.99. The van der Waals surface area contributed by atoms with Crippen molar-refractivity contribution in [2.24, 2.45) is 0 Å². The van der Waals surface area contributed by atoms with Crippen LogP contribution < -0.4 is 5.32 Å². The highest BCUT2D eigenvalue weighted by atomic mass is 32.2. The molecule has 2 aromatic rings. The molecular weight excluding hydrogens is 492 g/mol. The summed E-state index contributed by atoms with van der Waals surface area (Å²) in [4.78, 5) is 37.8. The van der Waals surface area contributed by atoms with Gasteiger partial charge < -0.3 is 14.8 Å². The van der Waals surface area contributed by atoms with Crippen molar-refractivity contribution < 1.29 is 32.3 Å². The summed E-state index contributed by atoms with van der Waals surface area (Å²) >= 11 is 1.08. The van der Waals surface area contributed by atoms with Crippen molar-refractivity contribution >= 4 is 43.9 Å². The molecule has 2 heterocycles. The number of esters is 1. The van der Waals surface area contributed by atoms with Crippen molar-refractivity contribution in [2.45, 2.75) is 51.7 Å². The maximum atomic E-state index is 13.2. The van der Waals surface area contributed by atoms with E-state index in [1.54, 1.807) is 19.9 Å². The summed E-state index contributed by atoms with van der Waals surface area (Å²) in [5.74, 6) is -1.14. The van der Waals surface area contributed by atoms with Gasteiger partial charge in [0, 0.05) is 18.7 Å². The minimum atomic E-state index is -3.80. The van der Waals surface area contributed by atoms with Gasteiger partial charge >= 0.3 is 5.97 Å². The number of nitrogens with zero attached hydrogens (tertiary/aromatic N) is 1. The van der Waals surface area contributed by atoms with Gasteiger partial charge in [0.2, 0.25) is 10.0 Å². The number of hydrogen-bond donors (Lipinski definition) is 1. The van der Waals surface area contributed by atoms with Gasteiger partial charge in [-0.05, 0) is 52.3 Å². The largest absolute Gasteiger partial charge is 0.462 e. The molecule has 1 fully saturated rings. The molecule has 2 unspecified atom stereocenters. The quantitative estimate of drug-likeness (QED) is 0.392. The molecule has 35 heavy (non-hydrogen) atoms. The topological polar surface area (TPSA) is 119 Å². The molecule has 0 aliphatic carbocycles.